The molecule has 0 radical (unpaired) electrons. The molecule has 1 saturated heterocycles. The SMILES string of the molecule is CC(C)(C)c1ccc(C(=O)N(CCCN2CCCC2=O)Cc2cc(C(=O)NCc3ccc(F)cc3)no2)cc1. The highest BCUT2D eigenvalue weighted by Gasteiger charge is 2.23. The van der Waals surface area contributed by atoms with Gasteiger partial charge in [-0.3, -0.25) is 14.4 Å². The minimum Gasteiger partial charge on any atom is -0.359 e. The number of benzene rings is 2. The number of aromatic nitrogens is 1. The zero-order valence-corrected chi connectivity index (χ0v) is 22.7. The lowest BCUT2D eigenvalue weighted by Crippen LogP contribution is -2.34. The molecule has 1 fully saturated rings. The van der Waals surface area contributed by atoms with Crippen LogP contribution in [0.15, 0.2) is 59.1 Å². The van der Waals surface area contributed by atoms with E-state index in [2.05, 4.69) is 31.2 Å². The Labute approximate surface area is 228 Å². The van der Waals surface area contributed by atoms with Gasteiger partial charge in [0.25, 0.3) is 11.8 Å². The fourth-order valence-electron chi connectivity index (χ4n) is 4.50. The minimum atomic E-state index is -0.433. The van der Waals surface area contributed by atoms with Crippen LogP contribution in [0.3, 0.4) is 0 Å². The Morgan fingerprint density at radius 1 is 1.10 bits per heavy atom. The summed E-state index contributed by atoms with van der Waals surface area (Å²) < 4.78 is 18.5. The maximum atomic E-state index is 13.5. The summed E-state index contributed by atoms with van der Waals surface area (Å²) >= 11 is 0. The van der Waals surface area contributed by atoms with E-state index in [0.29, 0.717) is 37.3 Å². The van der Waals surface area contributed by atoms with Crippen molar-refractivity contribution < 1.29 is 23.3 Å². The second-order valence-electron chi connectivity index (χ2n) is 10.9. The van der Waals surface area contributed by atoms with Gasteiger partial charge in [0.15, 0.2) is 11.5 Å². The third-order valence-corrected chi connectivity index (χ3v) is 6.82. The lowest BCUT2D eigenvalue weighted by molar-refractivity contribution is -0.127. The predicted octanol–water partition coefficient (Wildman–Crippen LogP) is 4.70. The van der Waals surface area contributed by atoms with E-state index in [1.807, 2.05) is 29.2 Å². The highest BCUT2D eigenvalue weighted by molar-refractivity contribution is 5.94. The summed E-state index contributed by atoms with van der Waals surface area (Å²) in [6.45, 7) is 8.44. The first-order chi connectivity index (χ1) is 18.6. The van der Waals surface area contributed by atoms with Gasteiger partial charge in [0.05, 0.1) is 6.54 Å². The van der Waals surface area contributed by atoms with Gasteiger partial charge in [0.2, 0.25) is 5.91 Å². The first-order valence-corrected chi connectivity index (χ1v) is 13.3. The van der Waals surface area contributed by atoms with E-state index in [1.54, 1.807) is 17.0 Å². The fraction of sp³-hybridized carbons (Fsp3) is 0.400. The van der Waals surface area contributed by atoms with Crippen molar-refractivity contribution in [3.63, 3.8) is 0 Å². The van der Waals surface area contributed by atoms with Gasteiger partial charge in [-0.05, 0) is 53.6 Å². The van der Waals surface area contributed by atoms with E-state index < -0.39 is 5.91 Å². The van der Waals surface area contributed by atoms with Crippen molar-refractivity contribution in [3.05, 3.63) is 88.6 Å². The fourth-order valence-corrected chi connectivity index (χ4v) is 4.50. The molecule has 2 aromatic carbocycles. The average molecular weight is 535 g/mol. The number of carbonyl (C=O) groups is 3. The summed E-state index contributed by atoms with van der Waals surface area (Å²) in [5, 5.41) is 6.62. The molecule has 0 aliphatic carbocycles. The van der Waals surface area contributed by atoms with Gasteiger partial charge in [-0.1, -0.05) is 50.2 Å². The second-order valence-corrected chi connectivity index (χ2v) is 10.9. The number of halogens is 1. The largest absolute Gasteiger partial charge is 0.359 e. The molecule has 0 atom stereocenters. The van der Waals surface area contributed by atoms with Crippen molar-refractivity contribution in [1.82, 2.24) is 20.3 Å². The maximum Gasteiger partial charge on any atom is 0.273 e. The number of carbonyl (C=O) groups excluding carboxylic acids is 3. The molecule has 2 heterocycles. The summed E-state index contributed by atoms with van der Waals surface area (Å²) in [5.41, 5.74) is 2.49. The summed E-state index contributed by atoms with van der Waals surface area (Å²) in [6, 6.07) is 15.0. The summed E-state index contributed by atoms with van der Waals surface area (Å²) in [6.07, 6.45) is 2.06. The van der Waals surface area contributed by atoms with Crippen LogP contribution in [0.2, 0.25) is 0 Å². The Morgan fingerprint density at radius 3 is 2.46 bits per heavy atom. The third-order valence-electron chi connectivity index (χ3n) is 6.82. The van der Waals surface area contributed by atoms with Crippen LogP contribution in [-0.2, 0) is 23.3 Å². The summed E-state index contributed by atoms with van der Waals surface area (Å²) in [5.74, 6) is -0.419. The van der Waals surface area contributed by atoms with Gasteiger partial charge in [-0.2, -0.15) is 0 Å². The van der Waals surface area contributed by atoms with Crippen molar-refractivity contribution in [2.45, 2.75) is 58.5 Å². The van der Waals surface area contributed by atoms with Crippen molar-refractivity contribution in [2.75, 3.05) is 19.6 Å². The Morgan fingerprint density at radius 2 is 1.82 bits per heavy atom. The quantitative estimate of drug-likeness (QED) is 0.407. The van der Waals surface area contributed by atoms with E-state index in [9.17, 15) is 18.8 Å². The Bertz CT molecular complexity index is 1300. The lowest BCUT2D eigenvalue weighted by Gasteiger charge is -2.24. The number of likely N-dealkylation sites (tertiary alicyclic amines) is 1. The van der Waals surface area contributed by atoms with E-state index >= 15 is 0 Å². The third kappa shape index (κ3) is 7.52. The summed E-state index contributed by atoms with van der Waals surface area (Å²) in [4.78, 5) is 41.6. The average Bonchev–Trinajstić information content (AvgIpc) is 3.55. The van der Waals surface area contributed by atoms with Crippen molar-refractivity contribution in [2.24, 2.45) is 0 Å². The van der Waals surface area contributed by atoms with Crippen LogP contribution in [0.25, 0.3) is 0 Å². The molecule has 1 N–H and O–H groups in total. The molecule has 3 aromatic rings. The van der Waals surface area contributed by atoms with Crippen LogP contribution in [0.5, 0.6) is 0 Å². The first-order valence-electron chi connectivity index (χ1n) is 13.3. The number of rotatable bonds is 10. The van der Waals surface area contributed by atoms with Crippen LogP contribution >= 0.6 is 0 Å². The standard InChI is InChI=1S/C30H35FN4O4/c1-30(2,3)23-11-9-22(10-12-23)29(38)35(17-5-16-34-15-4-6-27(34)36)20-25-18-26(33-39-25)28(37)32-19-21-7-13-24(31)14-8-21/h7-14,18H,4-6,15-17,19-20H2,1-3H3,(H,32,37). The van der Waals surface area contributed by atoms with E-state index in [4.69, 9.17) is 4.52 Å². The van der Waals surface area contributed by atoms with Gasteiger partial charge >= 0.3 is 0 Å². The number of hydrogen-bond donors (Lipinski definition) is 1. The lowest BCUT2D eigenvalue weighted by atomic mass is 9.86. The zero-order chi connectivity index (χ0) is 28.0. The molecule has 0 bridgehead atoms. The van der Waals surface area contributed by atoms with Crippen LogP contribution in [0, 0.1) is 5.82 Å². The van der Waals surface area contributed by atoms with E-state index in [-0.39, 0.29) is 41.8 Å². The van der Waals surface area contributed by atoms with Crippen molar-refractivity contribution in [1.29, 1.82) is 0 Å². The van der Waals surface area contributed by atoms with E-state index in [0.717, 1.165) is 24.1 Å². The van der Waals surface area contributed by atoms with Crippen molar-refractivity contribution in [3.8, 4) is 0 Å². The van der Waals surface area contributed by atoms with E-state index in [1.165, 1.54) is 18.2 Å². The molecule has 0 saturated carbocycles. The molecule has 0 unspecified atom stereocenters. The zero-order valence-electron chi connectivity index (χ0n) is 22.7. The number of amides is 3. The van der Waals surface area contributed by atoms with Gasteiger partial charge in [0, 0.05) is 44.2 Å². The number of nitrogens with zero attached hydrogens (tertiary/aromatic N) is 3. The van der Waals surface area contributed by atoms with Crippen LogP contribution in [-0.4, -0.2) is 52.3 Å². The second kappa shape index (κ2) is 12.2. The molecule has 9 heteroatoms. The monoisotopic (exact) mass is 534 g/mol. The molecule has 39 heavy (non-hydrogen) atoms. The Hall–Kier alpha value is -4.01. The Kier molecular flexibility index (Phi) is 8.79. The van der Waals surface area contributed by atoms with Gasteiger partial charge < -0.3 is 19.6 Å². The maximum absolute atomic E-state index is 13.5. The normalized spacial score (nSPS) is 13.5. The van der Waals surface area contributed by atoms with Crippen molar-refractivity contribution >= 4 is 17.7 Å². The highest BCUT2D eigenvalue weighted by atomic mass is 19.1. The molecule has 3 amide bonds. The van der Waals surface area contributed by atoms with Gasteiger partial charge in [-0.15, -0.1) is 0 Å². The molecular weight excluding hydrogens is 499 g/mol. The molecule has 1 aliphatic heterocycles. The smallest absolute Gasteiger partial charge is 0.273 e. The Balaban J connectivity index is 1.42. The molecular formula is C30H35FN4O4. The van der Waals surface area contributed by atoms with Crippen LogP contribution in [0.1, 0.15) is 77.8 Å². The predicted molar refractivity (Wildman–Crippen MR) is 144 cm³/mol. The topological polar surface area (TPSA) is 95.8 Å². The molecule has 1 aliphatic rings. The molecule has 1 aromatic heterocycles. The molecule has 4 rings (SSSR count). The van der Waals surface area contributed by atoms with Gasteiger partial charge in [-0.25, -0.2) is 4.39 Å². The molecule has 8 nitrogen and oxygen atoms in total. The minimum absolute atomic E-state index is 0.0307. The number of nitrogens with one attached hydrogen (secondary N) is 1. The molecule has 0 spiro atoms. The first kappa shape index (κ1) is 28.0. The summed E-state index contributed by atoms with van der Waals surface area (Å²) in [7, 11) is 0. The molecule has 206 valence electrons. The number of hydrogen-bond acceptors (Lipinski definition) is 5. The van der Waals surface area contributed by atoms with Crippen LogP contribution in [0.4, 0.5) is 4.39 Å². The van der Waals surface area contributed by atoms with Gasteiger partial charge in [0.1, 0.15) is 5.82 Å². The highest BCUT2D eigenvalue weighted by Crippen LogP contribution is 2.23. The van der Waals surface area contributed by atoms with Crippen LogP contribution < -0.4 is 5.32 Å².